The molecule has 2 N–H and O–H groups in total. The first-order valence-electron chi connectivity index (χ1n) is 15.5. The molecule has 8 nitrogen and oxygen atoms in total. The lowest BCUT2D eigenvalue weighted by atomic mass is 9.99. The Morgan fingerprint density at radius 2 is 1.60 bits per heavy atom. The van der Waals surface area contributed by atoms with E-state index in [0.29, 0.717) is 48.1 Å². The molecule has 1 aliphatic rings. The van der Waals surface area contributed by atoms with Crippen molar-refractivity contribution < 1.29 is 22.8 Å². The minimum atomic E-state index is -0.838. The molecule has 0 fully saturated rings. The summed E-state index contributed by atoms with van der Waals surface area (Å²) in [5.41, 5.74) is 2.80. The van der Waals surface area contributed by atoms with Gasteiger partial charge in [0.15, 0.2) is 0 Å². The van der Waals surface area contributed by atoms with Crippen LogP contribution >= 0.6 is 0 Å². The van der Waals surface area contributed by atoms with Gasteiger partial charge in [0.05, 0.1) is 18.3 Å². The average Bonchev–Trinajstić information content (AvgIpc) is 3.47. The molecule has 6 rings (SSSR count). The SMILES string of the molecule is CC1(C)c2nc(-c3ccc(F)cc3)c(Nc3ccc(F)cc3)n2CCN1C(=O)CNC(=O)CCc1cccoc2ccccc2cc1. The first-order chi connectivity index (χ1) is 22.7. The normalized spacial score (nSPS) is 13.5. The third-order valence-corrected chi connectivity index (χ3v) is 8.32. The van der Waals surface area contributed by atoms with Crippen LogP contribution < -0.4 is 10.6 Å². The summed E-state index contributed by atoms with van der Waals surface area (Å²) in [7, 11) is 0. The summed E-state index contributed by atoms with van der Waals surface area (Å²) < 4.78 is 35.1. The van der Waals surface area contributed by atoms with E-state index in [1.54, 1.807) is 41.5 Å². The van der Waals surface area contributed by atoms with E-state index in [2.05, 4.69) is 10.6 Å². The molecular formula is C37H35F2N5O3. The molecule has 0 saturated heterocycles. The third-order valence-electron chi connectivity index (χ3n) is 8.32. The van der Waals surface area contributed by atoms with Gasteiger partial charge >= 0.3 is 0 Å². The molecule has 3 heterocycles. The van der Waals surface area contributed by atoms with Crippen LogP contribution in [0.2, 0.25) is 0 Å². The van der Waals surface area contributed by atoms with Gasteiger partial charge in [0, 0.05) is 36.1 Å². The summed E-state index contributed by atoms with van der Waals surface area (Å²) in [6.07, 6.45) is 2.32. The van der Waals surface area contributed by atoms with Gasteiger partial charge in [-0.3, -0.25) is 9.59 Å². The number of amides is 2. The Hall–Kier alpha value is -5.51. The number of hydrogen-bond acceptors (Lipinski definition) is 5. The van der Waals surface area contributed by atoms with Crippen molar-refractivity contribution >= 4 is 34.3 Å². The number of carbonyl (C=O) groups is 2. The molecule has 47 heavy (non-hydrogen) atoms. The molecule has 0 bridgehead atoms. The number of halogens is 2. The Balaban J connectivity index is 1.16. The van der Waals surface area contributed by atoms with Crippen LogP contribution in [-0.4, -0.2) is 39.4 Å². The van der Waals surface area contributed by atoms with Gasteiger partial charge in [0.1, 0.15) is 34.6 Å². The zero-order valence-electron chi connectivity index (χ0n) is 26.2. The fourth-order valence-corrected chi connectivity index (χ4v) is 5.82. The molecule has 0 radical (unpaired) electrons. The number of carbonyl (C=O) groups excluding carboxylic acids is 2. The van der Waals surface area contributed by atoms with Crippen molar-refractivity contribution in [1.29, 1.82) is 0 Å². The molecule has 0 atom stereocenters. The number of aryl methyl sites for hydroxylation is 1. The van der Waals surface area contributed by atoms with Crippen LogP contribution in [-0.2, 0) is 28.1 Å². The number of nitrogens with one attached hydrogen (secondary N) is 2. The average molecular weight is 636 g/mol. The fraction of sp³-hybridized carbons (Fsp3) is 0.216. The van der Waals surface area contributed by atoms with E-state index in [-0.39, 0.29) is 36.4 Å². The molecule has 3 aromatic carbocycles. The second-order valence-electron chi connectivity index (χ2n) is 11.9. The van der Waals surface area contributed by atoms with Crippen molar-refractivity contribution in [2.45, 2.75) is 38.8 Å². The second kappa shape index (κ2) is 13.5. The molecule has 10 heteroatoms. The number of nitrogens with zero attached hydrogens (tertiary/aromatic N) is 3. The minimum absolute atomic E-state index is 0.148. The number of para-hydroxylation sites is 1. The van der Waals surface area contributed by atoms with Gasteiger partial charge < -0.3 is 24.5 Å². The lowest BCUT2D eigenvalue weighted by Gasteiger charge is -2.42. The Morgan fingerprint density at radius 3 is 2.36 bits per heavy atom. The van der Waals surface area contributed by atoms with Crippen LogP contribution in [0, 0.1) is 11.6 Å². The fourth-order valence-electron chi connectivity index (χ4n) is 5.82. The molecule has 1 aliphatic heterocycles. The lowest BCUT2D eigenvalue weighted by molar-refractivity contribution is -0.139. The van der Waals surface area contributed by atoms with Crippen LogP contribution in [0.25, 0.3) is 22.2 Å². The van der Waals surface area contributed by atoms with Crippen LogP contribution in [0.5, 0.6) is 0 Å². The molecule has 0 saturated carbocycles. The second-order valence-corrected chi connectivity index (χ2v) is 11.9. The number of imidazole rings is 1. The Morgan fingerprint density at radius 1 is 0.872 bits per heavy atom. The van der Waals surface area contributed by atoms with Crippen LogP contribution in [0.1, 0.15) is 31.7 Å². The van der Waals surface area contributed by atoms with Gasteiger partial charge in [-0.05, 0) is 86.5 Å². The number of benzene rings is 3. The lowest BCUT2D eigenvalue weighted by Crippen LogP contribution is -2.54. The Kier molecular flexibility index (Phi) is 9.01. The summed E-state index contributed by atoms with van der Waals surface area (Å²) >= 11 is 0. The molecule has 0 aliphatic carbocycles. The van der Waals surface area contributed by atoms with Crippen LogP contribution in [0.4, 0.5) is 20.3 Å². The van der Waals surface area contributed by atoms with Crippen molar-refractivity contribution in [2.24, 2.45) is 0 Å². The quantitative estimate of drug-likeness (QED) is 0.187. The number of hydrogen-bond donors (Lipinski definition) is 2. The van der Waals surface area contributed by atoms with Crippen molar-refractivity contribution in [1.82, 2.24) is 19.8 Å². The predicted molar refractivity (Wildman–Crippen MR) is 177 cm³/mol. The highest BCUT2D eigenvalue weighted by molar-refractivity contribution is 5.86. The maximum Gasteiger partial charge on any atom is 0.242 e. The van der Waals surface area contributed by atoms with E-state index in [1.165, 1.54) is 24.3 Å². The van der Waals surface area contributed by atoms with Crippen molar-refractivity contribution in [3.8, 4) is 11.3 Å². The van der Waals surface area contributed by atoms with Gasteiger partial charge in [0.25, 0.3) is 0 Å². The van der Waals surface area contributed by atoms with E-state index in [1.807, 2.05) is 60.9 Å². The number of anilines is 2. The van der Waals surface area contributed by atoms with Gasteiger partial charge in [-0.2, -0.15) is 0 Å². The van der Waals surface area contributed by atoms with Gasteiger partial charge in [-0.1, -0.05) is 36.4 Å². The summed E-state index contributed by atoms with van der Waals surface area (Å²) in [5, 5.41) is 7.09. The largest absolute Gasteiger partial charge is 0.464 e. The zero-order chi connectivity index (χ0) is 33.0. The van der Waals surface area contributed by atoms with Crippen LogP contribution in [0.15, 0.2) is 108 Å². The van der Waals surface area contributed by atoms with Gasteiger partial charge in [0.2, 0.25) is 11.8 Å². The topological polar surface area (TPSA) is 92.4 Å². The van der Waals surface area contributed by atoms with E-state index in [9.17, 15) is 18.4 Å². The highest BCUT2D eigenvalue weighted by Gasteiger charge is 2.41. The highest BCUT2D eigenvalue weighted by Crippen LogP contribution is 2.39. The third kappa shape index (κ3) is 7.01. The molecule has 2 aromatic heterocycles. The number of aromatic nitrogens is 2. The maximum atomic E-state index is 13.8. The molecular weight excluding hydrogens is 600 g/mol. The monoisotopic (exact) mass is 635 g/mol. The van der Waals surface area contributed by atoms with E-state index in [4.69, 9.17) is 9.40 Å². The minimum Gasteiger partial charge on any atom is -0.464 e. The summed E-state index contributed by atoms with van der Waals surface area (Å²) in [4.78, 5) is 33.0. The summed E-state index contributed by atoms with van der Waals surface area (Å²) in [6, 6.07) is 27.4. The molecule has 5 aromatic rings. The molecule has 240 valence electrons. The summed E-state index contributed by atoms with van der Waals surface area (Å²) in [6.45, 7) is 4.47. The molecule has 0 spiro atoms. The van der Waals surface area contributed by atoms with E-state index >= 15 is 0 Å². The first-order valence-corrected chi connectivity index (χ1v) is 15.5. The zero-order valence-corrected chi connectivity index (χ0v) is 26.2. The summed E-state index contributed by atoms with van der Waals surface area (Å²) in [5.74, 6) is 0.112. The standard InChI is InChI=1S/C37H35F2N5O3/c1-37(2)36-42-34(27-12-14-28(38)15-13-27)35(41-30-18-16-29(39)17-19-30)43(36)21-22-44(37)33(46)24-40-32(45)20-10-25-6-5-23-47-31-8-4-3-7-26(31)11-9-25/h3-9,11-19,23,41H,10,20-22,24H2,1-2H3,(H,40,45). The molecule has 0 unspecified atom stereocenters. The Bertz CT molecular complexity index is 1960. The maximum absolute atomic E-state index is 13.8. The van der Waals surface area contributed by atoms with Crippen molar-refractivity contribution in [2.75, 3.05) is 18.4 Å². The highest BCUT2D eigenvalue weighted by atomic mass is 19.1. The number of rotatable bonds is 8. The van der Waals surface area contributed by atoms with Crippen LogP contribution in [0.3, 0.4) is 0 Å². The Labute approximate surface area is 271 Å². The van der Waals surface area contributed by atoms with E-state index < -0.39 is 5.54 Å². The predicted octanol–water partition coefficient (Wildman–Crippen LogP) is 7.27. The van der Waals surface area contributed by atoms with Crippen molar-refractivity contribution in [3.63, 3.8) is 0 Å². The van der Waals surface area contributed by atoms with Crippen molar-refractivity contribution in [3.05, 3.63) is 126 Å². The van der Waals surface area contributed by atoms with E-state index in [0.717, 1.165) is 16.5 Å². The smallest absolute Gasteiger partial charge is 0.242 e. The van der Waals surface area contributed by atoms with Gasteiger partial charge in [-0.15, -0.1) is 0 Å². The van der Waals surface area contributed by atoms with Gasteiger partial charge in [-0.25, -0.2) is 13.8 Å². The first kappa shape index (κ1) is 31.5. The number of fused-ring (bicyclic) bond motifs is 2. The molecule has 2 amide bonds.